The van der Waals surface area contributed by atoms with Crippen molar-refractivity contribution in [2.24, 2.45) is 0 Å². The molecule has 2 spiro atoms. The van der Waals surface area contributed by atoms with Crippen LogP contribution in [0.3, 0.4) is 0 Å². The van der Waals surface area contributed by atoms with Gasteiger partial charge in [0, 0.05) is 0 Å². The second-order valence-corrected chi connectivity index (χ2v) is 10.0. The van der Waals surface area contributed by atoms with Crippen LogP contribution in [0.4, 0.5) is 23.0 Å². The van der Waals surface area contributed by atoms with Gasteiger partial charge in [0.15, 0.2) is 5.82 Å². The number of anilines is 3. The van der Waals surface area contributed by atoms with Gasteiger partial charge in [-0.05, 0) is 13.8 Å². The van der Waals surface area contributed by atoms with Crippen molar-refractivity contribution in [2.45, 2.75) is 27.7 Å². The van der Waals surface area contributed by atoms with E-state index in [9.17, 15) is 10.1 Å². The first-order valence-corrected chi connectivity index (χ1v) is 13.0. The molecule has 0 radical (unpaired) electrons. The number of hydrogen-bond donors (Lipinski definition) is 1. The summed E-state index contributed by atoms with van der Waals surface area (Å²) in [5, 5.41) is 11.6. The smallest absolute Gasteiger partial charge is 0.332 e. The van der Waals surface area contributed by atoms with E-state index in [2.05, 4.69) is 29.7 Å². The van der Waals surface area contributed by atoms with Crippen LogP contribution in [-0.2, 0) is 0 Å². The van der Waals surface area contributed by atoms with Gasteiger partial charge in [-0.25, -0.2) is 19.9 Å². The van der Waals surface area contributed by atoms with E-state index in [0.29, 0.717) is 17.2 Å². The summed E-state index contributed by atoms with van der Waals surface area (Å²) >= 11 is 0. The summed E-state index contributed by atoms with van der Waals surface area (Å²) < 4.78 is 2.27. The zero-order chi connectivity index (χ0) is 25.9. The molecule has 5 rings (SSSR count). The van der Waals surface area contributed by atoms with Crippen LogP contribution < -0.4 is 15.5 Å². The zero-order valence-corrected chi connectivity index (χ0v) is 22.1. The van der Waals surface area contributed by atoms with Crippen LogP contribution >= 0.6 is 0 Å². The molecule has 0 amide bonds. The van der Waals surface area contributed by atoms with Crippen molar-refractivity contribution in [3.8, 4) is 0 Å². The van der Waals surface area contributed by atoms with Crippen molar-refractivity contribution < 1.29 is 13.9 Å². The van der Waals surface area contributed by atoms with Crippen LogP contribution in [0.5, 0.6) is 0 Å². The van der Waals surface area contributed by atoms with Gasteiger partial charge in [0.1, 0.15) is 44.5 Å². The number of nitro groups is 1. The fourth-order valence-corrected chi connectivity index (χ4v) is 5.79. The van der Waals surface area contributed by atoms with Crippen LogP contribution in [0.15, 0.2) is 12.7 Å². The Morgan fingerprint density at radius 1 is 0.750 bits per heavy atom. The lowest BCUT2D eigenvalue weighted by molar-refractivity contribution is -1.03. The predicted octanol–water partition coefficient (Wildman–Crippen LogP) is 1.39. The van der Waals surface area contributed by atoms with Crippen LogP contribution in [0, 0.1) is 24.0 Å². The molecule has 3 saturated heterocycles. The Labute approximate surface area is 213 Å². The van der Waals surface area contributed by atoms with Crippen LogP contribution in [0.1, 0.15) is 25.2 Å². The first-order valence-electron chi connectivity index (χ1n) is 13.0. The normalized spacial score (nSPS) is 20.7. The summed E-state index contributed by atoms with van der Waals surface area (Å²) in [6.45, 7) is 20.0. The monoisotopic (exact) mass is 500 g/mol. The molecule has 0 unspecified atom stereocenters. The Morgan fingerprint density at radius 3 is 1.64 bits per heavy atom. The number of nitrogens with zero attached hydrogens (tertiary/aromatic N) is 9. The standard InChI is InChI=1S/C22H34N10O2.C2H6/c1-17-19(23)21(26-15-24-17)28-3-7-31(8-4-28)11-13-32(14-12-31)9-5-29(6-10-32)22-20(30(33)34)18(2)25-16-27-22;1-2/h15-16H,3-14,23H2,1-2H3;1-2H3/q+2;. The van der Waals surface area contributed by atoms with E-state index >= 15 is 0 Å². The van der Waals surface area contributed by atoms with Crippen molar-refractivity contribution >= 4 is 23.0 Å². The van der Waals surface area contributed by atoms with Crippen molar-refractivity contribution in [1.82, 2.24) is 19.9 Å². The summed E-state index contributed by atoms with van der Waals surface area (Å²) in [7, 11) is 0. The number of nitrogen functional groups attached to an aromatic ring is 1. The van der Waals surface area contributed by atoms with Crippen molar-refractivity contribution in [3.63, 3.8) is 0 Å². The highest BCUT2D eigenvalue weighted by Crippen LogP contribution is 2.31. The topological polar surface area (TPSA) is 127 Å². The van der Waals surface area contributed by atoms with E-state index in [-0.39, 0.29) is 10.6 Å². The summed E-state index contributed by atoms with van der Waals surface area (Å²) in [5.74, 6) is 1.34. The van der Waals surface area contributed by atoms with Gasteiger partial charge in [-0.2, -0.15) is 0 Å². The summed E-state index contributed by atoms with van der Waals surface area (Å²) in [5.41, 5.74) is 8.23. The lowest BCUT2D eigenvalue weighted by Crippen LogP contribution is -2.73. The number of quaternary nitrogens is 2. The second-order valence-electron chi connectivity index (χ2n) is 10.0. The van der Waals surface area contributed by atoms with Crippen LogP contribution in [0.25, 0.3) is 0 Å². The van der Waals surface area contributed by atoms with Crippen molar-refractivity contribution in [1.29, 1.82) is 0 Å². The van der Waals surface area contributed by atoms with Crippen LogP contribution in [0.2, 0.25) is 0 Å². The van der Waals surface area contributed by atoms with E-state index in [1.54, 1.807) is 13.3 Å². The molecular weight excluding hydrogens is 460 g/mol. The Hall–Kier alpha value is -3.12. The average Bonchev–Trinajstić information content (AvgIpc) is 2.90. The maximum atomic E-state index is 11.6. The molecule has 3 aliphatic heterocycles. The SMILES string of the molecule is CC.Cc1ncnc(N2CC[N+]3(CC2)CC[N+]2(CCN(c4ncnc(C)c4[N+](=O)[O-])CC2)CC3)c1N. The molecule has 3 fully saturated rings. The molecule has 36 heavy (non-hydrogen) atoms. The number of piperazine rings is 3. The quantitative estimate of drug-likeness (QED) is 0.378. The second kappa shape index (κ2) is 10.5. The van der Waals surface area contributed by atoms with E-state index in [0.717, 1.165) is 81.4 Å². The fourth-order valence-electron chi connectivity index (χ4n) is 5.79. The molecule has 2 aromatic heterocycles. The first kappa shape index (κ1) is 26.0. The van der Waals surface area contributed by atoms with Gasteiger partial charge in [0.2, 0.25) is 5.82 Å². The van der Waals surface area contributed by atoms with E-state index < -0.39 is 0 Å². The van der Waals surface area contributed by atoms with E-state index in [1.807, 2.05) is 20.8 Å². The molecular formula is C24H40N10O2+2. The molecule has 3 aliphatic rings. The van der Waals surface area contributed by atoms with Crippen molar-refractivity contribution in [3.05, 3.63) is 34.2 Å². The highest BCUT2D eigenvalue weighted by molar-refractivity contribution is 5.64. The minimum Gasteiger partial charge on any atom is -0.394 e. The van der Waals surface area contributed by atoms with E-state index in [1.165, 1.54) is 23.9 Å². The molecule has 196 valence electrons. The minimum atomic E-state index is -0.353. The molecule has 0 atom stereocenters. The van der Waals surface area contributed by atoms with Gasteiger partial charge in [-0.15, -0.1) is 0 Å². The van der Waals surface area contributed by atoms with Gasteiger partial charge >= 0.3 is 5.69 Å². The van der Waals surface area contributed by atoms with Crippen LogP contribution in [-0.4, -0.2) is 112 Å². The third-order valence-electron chi connectivity index (χ3n) is 8.30. The van der Waals surface area contributed by atoms with Gasteiger partial charge in [0.05, 0.1) is 68.7 Å². The molecule has 12 nitrogen and oxygen atoms in total. The number of aromatic nitrogens is 4. The molecule has 0 aliphatic carbocycles. The van der Waals surface area contributed by atoms with E-state index in [4.69, 9.17) is 5.73 Å². The molecule has 0 bridgehead atoms. The Bertz CT molecular complexity index is 1070. The molecule has 0 saturated carbocycles. The molecule has 12 heteroatoms. The Kier molecular flexibility index (Phi) is 7.55. The summed E-state index contributed by atoms with van der Waals surface area (Å²) in [4.78, 5) is 32.5. The van der Waals surface area contributed by atoms with Gasteiger partial charge in [-0.1, -0.05) is 13.8 Å². The molecule has 2 aromatic rings. The number of nitrogens with two attached hydrogens (primary N) is 1. The maximum absolute atomic E-state index is 11.6. The number of rotatable bonds is 3. The third-order valence-corrected chi connectivity index (χ3v) is 8.30. The van der Waals surface area contributed by atoms with Gasteiger partial charge < -0.3 is 24.5 Å². The largest absolute Gasteiger partial charge is 0.394 e. The summed E-state index contributed by atoms with van der Waals surface area (Å²) in [6, 6.07) is 0. The van der Waals surface area contributed by atoms with Gasteiger partial charge in [-0.3, -0.25) is 10.1 Å². The first-order chi connectivity index (χ1) is 17.3. The number of aryl methyl sites for hydroxylation is 2. The average molecular weight is 501 g/mol. The lowest BCUT2D eigenvalue weighted by Gasteiger charge is -2.54. The zero-order valence-electron chi connectivity index (χ0n) is 22.1. The molecule has 0 aromatic carbocycles. The Morgan fingerprint density at radius 2 is 1.17 bits per heavy atom. The highest BCUT2D eigenvalue weighted by Gasteiger charge is 2.46. The molecule has 5 heterocycles. The predicted molar refractivity (Wildman–Crippen MR) is 140 cm³/mol. The highest BCUT2D eigenvalue weighted by atomic mass is 16.6. The molecule has 2 N–H and O–H groups in total. The Balaban J connectivity index is 0.00000148. The maximum Gasteiger partial charge on any atom is 0.332 e. The number of hydrogen-bond acceptors (Lipinski definition) is 9. The minimum absolute atomic E-state index is 0.0384. The third kappa shape index (κ3) is 4.92. The lowest BCUT2D eigenvalue weighted by atomic mass is 10.1. The van der Waals surface area contributed by atoms with Crippen molar-refractivity contribution in [2.75, 3.05) is 94.1 Å². The summed E-state index contributed by atoms with van der Waals surface area (Å²) in [6.07, 6.45) is 3.04. The fraction of sp³-hybridized carbons (Fsp3) is 0.667. The van der Waals surface area contributed by atoms with Gasteiger partial charge in [0.25, 0.3) is 0 Å².